The second-order valence-electron chi connectivity index (χ2n) is 5.67. The van der Waals surface area contributed by atoms with Gasteiger partial charge in [-0.2, -0.15) is 5.26 Å². The normalized spacial score (nSPS) is 11.0. The first-order chi connectivity index (χ1) is 12.6. The third kappa shape index (κ3) is 3.69. The van der Waals surface area contributed by atoms with Crippen molar-refractivity contribution in [1.82, 2.24) is 4.57 Å². The SMILES string of the molecule is Cc1c(Cl)cccc1NC(=O)/C(C#N)=C/c1cccn1-c1ccccc1. The predicted octanol–water partition coefficient (Wildman–Crippen LogP) is 4.98. The van der Waals surface area contributed by atoms with Gasteiger partial charge in [0, 0.05) is 28.3 Å². The van der Waals surface area contributed by atoms with E-state index >= 15 is 0 Å². The molecule has 3 rings (SSSR count). The maximum absolute atomic E-state index is 12.5. The van der Waals surface area contributed by atoms with E-state index in [9.17, 15) is 10.1 Å². The molecular weight excluding hydrogens is 346 g/mol. The van der Waals surface area contributed by atoms with Crippen LogP contribution in [0.2, 0.25) is 5.02 Å². The van der Waals surface area contributed by atoms with Gasteiger partial charge in [-0.25, -0.2) is 0 Å². The molecule has 3 aromatic rings. The van der Waals surface area contributed by atoms with Crippen LogP contribution >= 0.6 is 11.6 Å². The van der Waals surface area contributed by atoms with E-state index in [-0.39, 0.29) is 5.57 Å². The highest BCUT2D eigenvalue weighted by atomic mass is 35.5. The molecule has 0 aliphatic carbocycles. The molecule has 0 unspecified atom stereocenters. The summed E-state index contributed by atoms with van der Waals surface area (Å²) in [4.78, 5) is 12.5. The Labute approximate surface area is 157 Å². The van der Waals surface area contributed by atoms with Gasteiger partial charge in [-0.15, -0.1) is 0 Å². The molecule has 0 fully saturated rings. The Hall–Kier alpha value is -3.29. The summed E-state index contributed by atoms with van der Waals surface area (Å²) in [6.07, 6.45) is 3.46. The van der Waals surface area contributed by atoms with Crippen LogP contribution in [0.4, 0.5) is 5.69 Å². The summed E-state index contributed by atoms with van der Waals surface area (Å²) in [5.41, 5.74) is 3.05. The van der Waals surface area contributed by atoms with Gasteiger partial charge in [-0.1, -0.05) is 35.9 Å². The summed E-state index contributed by atoms with van der Waals surface area (Å²) >= 11 is 6.08. The summed E-state index contributed by atoms with van der Waals surface area (Å²) in [7, 11) is 0. The molecule has 4 nitrogen and oxygen atoms in total. The molecule has 0 saturated carbocycles. The average Bonchev–Trinajstić information content (AvgIpc) is 3.12. The first kappa shape index (κ1) is 17.5. The summed E-state index contributed by atoms with van der Waals surface area (Å²) in [6, 6.07) is 20.7. The molecule has 128 valence electrons. The number of nitrogens with zero attached hydrogens (tertiary/aromatic N) is 2. The monoisotopic (exact) mass is 361 g/mol. The van der Waals surface area contributed by atoms with Gasteiger partial charge in [-0.05, 0) is 55.0 Å². The molecule has 0 aliphatic rings. The fourth-order valence-electron chi connectivity index (χ4n) is 2.56. The smallest absolute Gasteiger partial charge is 0.266 e. The molecule has 2 aromatic carbocycles. The molecule has 0 saturated heterocycles. The number of anilines is 1. The maximum Gasteiger partial charge on any atom is 0.266 e. The van der Waals surface area contributed by atoms with Crippen molar-refractivity contribution in [3.63, 3.8) is 0 Å². The highest BCUT2D eigenvalue weighted by Gasteiger charge is 2.13. The van der Waals surface area contributed by atoms with Crippen LogP contribution in [0.15, 0.2) is 72.4 Å². The van der Waals surface area contributed by atoms with Gasteiger partial charge >= 0.3 is 0 Å². The van der Waals surface area contributed by atoms with Crippen molar-refractivity contribution in [3.05, 3.63) is 88.7 Å². The fourth-order valence-corrected chi connectivity index (χ4v) is 2.74. The van der Waals surface area contributed by atoms with Crippen LogP contribution < -0.4 is 5.32 Å². The number of rotatable bonds is 4. The van der Waals surface area contributed by atoms with E-state index < -0.39 is 5.91 Å². The number of benzene rings is 2. The second kappa shape index (κ2) is 7.73. The zero-order valence-electron chi connectivity index (χ0n) is 14.1. The minimum atomic E-state index is -0.473. The lowest BCUT2D eigenvalue weighted by atomic mass is 10.1. The molecule has 0 spiro atoms. The van der Waals surface area contributed by atoms with E-state index in [4.69, 9.17) is 11.6 Å². The lowest BCUT2D eigenvalue weighted by Crippen LogP contribution is -2.14. The minimum Gasteiger partial charge on any atom is -0.321 e. The quantitative estimate of drug-likeness (QED) is 0.526. The van der Waals surface area contributed by atoms with Crippen molar-refractivity contribution in [2.75, 3.05) is 5.32 Å². The summed E-state index contributed by atoms with van der Waals surface area (Å²) in [5, 5.41) is 12.8. The molecule has 1 amide bonds. The Kier molecular flexibility index (Phi) is 5.21. The molecular formula is C21H16ClN3O. The molecule has 0 bridgehead atoms. The van der Waals surface area contributed by atoms with Crippen molar-refractivity contribution in [2.24, 2.45) is 0 Å². The van der Waals surface area contributed by atoms with Gasteiger partial charge in [-0.3, -0.25) is 4.79 Å². The molecule has 5 heteroatoms. The highest BCUT2D eigenvalue weighted by Crippen LogP contribution is 2.23. The second-order valence-corrected chi connectivity index (χ2v) is 6.08. The van der Waals surface area contributed by atoms with Gasteiger partial charge in [0.25, 0.3) is 5.91 Å². The lowest BCUT2D eigenvalue weighted by Gasteiger charge is -2.10. The van der Waals surface area contributed by atoms with Gasteiger partial charge < -0.3 is 9.88 Å². The Balaban J connectivity index is 1.90. The third-order valence-corrected chi connectivity index (χ3v) is 4.40. The fraction of sp³-hybridized carbons (Fsp3) is 0.0476. The van der Waals surface area contributed by atoms with E-state index in [0.29, 0.717) is 10.7 Å². The van der Waals surface area contributed by atoms with Crippen molar-refractivity contribution < 1.29 is 4.79 Å². The molecule has 26 heavy (non-hydrogen) atoms. The van der Waals surface area contributed by atoms with Gasteiger partial charge in [0.2, 0.25) is 0 Å². The molecule has 0 atom stereocenters. The Bertz CT molecular complexity index is 1010. The number of hydrogen-bond acceptors (Lipinski definition) is 2. The van der Waals surface area contributed by atoms with Crippen molar-refractivity contribution in [2.45, 2.75) is 6.92 Å². The van der Waals surface area contributed by atoms with E-state index in [1.165, 1.54) is 0 Å². The average molecular weight is 362 g/mol. The number of carbonyl (C=O) groups excluding carboxylic acids is 1. The standard InChI is InChI=1S/C21H16ClN3O/c1-15-19(22)10-5-11-20(15)24-21(26)16(14-23)13-18-9-6-12-25(18)17-7-3-2-4-8-17/h2-13H,1H3,(H,24,26)/b16-13+. The third-order valence-electron chi connectivity index (χ3n) is 3.99. The predicted molar refractivity (Wildman–Crippen MR) is 104 cm³/mol. The summed E-state index contributed by atoms with van der Waals surface area (Å²) in [5.74, 6) is -0.473. The molecule has 1 heterocycles. The van der Waals surface area contributed by atoms with Crippen LogP contribution in [0.25, 0.3) is 11.8 Å². The topological polar surface area (TPSA) is 57.8 Å². The van der Waals surface area contributed by atoms with Gasteiger partial charge in [0.05, 0.1) is 0 Å². The van der Waals surface area contributed by atoms with E-state index in [0.717, 1.165) is 16.9 Å². The zero-order chi connectivity index (χ0) is 18.5. The van der Waals surface area contributed by atoms with Crippen molar-refractivity contribution >= 4 is 29.3 Å². The number of hydrogen-bond donors (Lipinski definition) is 1. The van der Waals surface area contributed by atoms with E-state index in [1.807, 2.05) is 66.2 Å². The number of aromatic nitrogens is 1. The molecule has 1 aromatic heterocycles. The number of carbonyl (C=O) groups is 1. The van der Waals surface area contributed by atoms with Crippen LogP contribution in [0.3, 0.4) is 0 Å². The number of amides is 1. The van der Waals surface area contributed by atoms with Crippen LogP contribution in [0, 0.1) is 18.3 Å². The van der Waals surface area contributed by atoms with E-state index in [2.05, 4.69) is 5.32 Å². The Morgan fingerprint density at radius 3 is 2.62 bits per heavy atom. The Morgan fingerprint density at radius 1 is 1.12 bits per heavy atom. The van der Waals surface area contributed by atoms with Gasteiger partial charge in [0.15, 0.2) is 0 Å². The van der Waals surface area contributed by atoms with Crippen molar-refractivity contribution in [1.29, 1.82) is 5.26 Å². The summed E-state index contributed by atoms with van der Waals surface area (Å²) in [6.45, 7) is 1.81. The first-order valence-corrected chi connectivity index (χ1v) is 8.39. The Morgan fingerprint density at radius 2 is 1.88 bits per heavy atom. The summed E-state index contributed by atoms with van der Waals surface area (Å²) < 4.78 is 1.91. The maximum atomic E-state index is 12.5. The van der Waals surface area contributed by atoms with Gasteiger partial charge in [0.1, 0.15) is 11.6 Å². The highest BCUT2D eigenvalue weighted by molar-refractivity contribution is 6.31. The molecule has 1 N–H and O–H groups in total. The number of nitriles is 1. The van der Waals surface area contributed by atoms with Crippen LogP contribution in [0.1, 0.15) is 11.3 Å². The van der Waals surface area contributed by atoms with Crippen LogP contribution in [-0.4, -0.2) is 10.5 Å². The number of para-hydroxylation sites is 1. The van der Waals surface area contributed by atoms with Crippen LogP contribution in [0.5, 0.6) is 0 Å². The van der Waals surface area contributed by atoms with Crippen LogP contribution in [-0.2, 0) is 4.79 Å². The largest absolute Gasteiger partial charge is 0.321 e. The molecule has 0 aliphatic heterocycles. The number of nitrogens with one attached hydrogen (secondary N) is 1. The lowest BCUT2D eigenvalue weighted by molar-refractivity contribution is -0.112. The number of halogens is 1. The van der Waals surface area contributed by atoms with Crippen molar-refractivity contribution in [3.8, 4) is 11.8 Å². The first-order valence-electron chi connectivity index (χ1n) is 8.01. The minimum absolute atomic E-state index is 0.0141. The molecule has 0 radical (unpaired) electrons. The van der Waals surface area contributed by atoms with E-state index in [1.54, 1.807) is 24.3 Å². The zero-order valence-corrected chi connectivity index (χ0v) is 14.9.